The maximum atomic E-state index is 7.00. The van der Waals surface area contributed by atoms with Crippen LogP contribution in [0.1, 0.15) is 84.1 Å². The second-order valence-corrected chi connectivity index (χ2v) is 3.46. The summed E-state index contributed by atoms with van der Waals surface area (Å²) >= 11 is 0. The summed E-state index contributed by atoms with van der Waals surface area (Å²) in [5, 5.41) is 14.0. The lowest BCUT2D eigenvalue weighted by atomic mass is 10.4. The Morgan fingerprint density at radius 1 is 0.206 bits per heavy atom. The van der Waals surface area contributed by atoms with Crippen LogP contribution in [0.5, 0.6) is 0 Å². The second kappa shape index (κ2) is 110. The Morgan fingerprint density at radius 2 is 0.235 bits per heavy atom. The van der Waals surface area contributed by atoms with Gasteiger partial charge in [-0.2, -0.15) is 0 Å². The molecular formula is C32H64O2. The molecule has 0 saturated carbocycles. The quantitative estimate of drug-likeness (QED) is 0.336. The van der Waals surface area contributed by atoms with E-state index in [1.54, 1.807) is 0 Å². The molecule has 204 valence electrons. The zero-order valence-electron chi connectivity index (χ0n) is 23.3. The van der Waals surface area contributed by atoms with E-state index in [-0.39, 0.29) is 14.9 Å². The predicted molar refractivity (Wildman–Crippen MR) is 166 cm³/mol. The van der Waals surface area contributed by atoms with Gasteiger partial charge in [0.2, 0.25) is 0 Å². The van der Waals surface area contributed by atoms with Crippen LogP contribution >= 0.6 is 0 Å². The largest absolute Gasteiger partial charge is 0.400 e. The highest BCUT2D eigenvalue weighted by atomic mass is 16.2. The van der Waals surface area contributed by atoms with E-state index in [1.165, 1.54) is 0 Å². The molecule has 0 atom stereocenters. The number of aliphatic hydroxyl groups excluding tert-OH is 2. The zero-order valence-corrected chi connectivity index (χ0v) is 23.3. The SMILES string of the molecule is C.C.CC.CC.CC.CC.CC.CO.CO.c1ccccc1.c1ccccc1.c1ccccc1. The minimum absolute atomic E-state index is 0. The van der Waals surface area contributed by atoms with Gasteiger partial charge in [-0.3, -0.25) is 0 Å². The highest BCUT2D eigenvalue weighted by Gasteiger charge is 1.59. The summed E-state index contributed by atoms with van der Waals surface area (Å²) in [6.45, 7) is 20.0. The van der Waals surface area contributed by atoms with Crippen LogP contribution in [0.15, 0.2) is 109 Å². The first-order valence-corrected chi connectivity index (χ1v) is 11.9. The zero-order chi connectivity index (χ0) is 26.7. The van der Waals surface area contributed by atoms with E-state index >= 15 is 0 Å². The van der Waals surface area contributed by atoms with Gasteiger partial charge in [0.25, 0.3) is 0 Å². The van der Waals surface area contributed by atoms with Crippen molar-refractivity contribution in [3.8, 4) is 0 Å². The summed E-state index contributed by atoms with van der Waals surface area (Å²) in [6.07, 6.45) is 0. The molecule has 0 spiro atoms. The number of hydrogen-bond acceptors (Lipinski definition) is 2. The van der Waals surface area contributed by atoms with Crippen LogP contribution in [0.2, 0.25) is 0 Å². The van der Waals surface area contributed by atoms with E-state index in [0.29, 0.717) is 0 Å². The molecule has 0 aliphatic rings. The van der Waals surface area contributed by atoms with Crippen molar-refractivity contribution >= 4 is 0 Å². The van der Waals surface area contributed by atoms with Gasteiger partial charge >= 0.3 is 0 Å². The van der Waals surface area contributed by atoms with E-state index in [4.69, 9.17) is 10.2 Å². The molecule has 34 heavy (non-hydrogen) atoms. The third-order valence-corrected chi connectivity index (χ3v) is 2.00. The van der Waals surface area contributed by atoms with Crippen LogP contribution in [-0.4, -0.2) is 24.4 Å². The van der Waals surface area contributed by atoms with Crippen molar-refractivity contribution in [2.45, 2.75) is 84.1 Å². The Labute approximate surface area is 217 Å². The number of aliphatic hydroxyl groups is 2. The first-order chi connectivity index (χ1) is 16.0. The first-order valence-electron chi connectivity index (χ1n) is 11.9. The van der Waals surface area contributed by atoms with Gasteiger partial charge in [-0.25, -0.2) is 0 Å². The van der Waals surface area contributed by atoms with Gasteiger partial charge in [0, 0.05) is 14.2 Å². The van der Waals surface area contributed by atoms with Gasteiger partial charge in [0.15, 0.2) is 0 Å². The van der Waals surface area contributed by atoms with Crippen molar-refractivity contribution in [2.75, 3.05) is 14.2 Å². The molecule has 3 rings (SSSR count). The Kier molecular flexibility index (Phi) is 188. The number of benzene rings is 3. The third kappa shape index (κ3) is 99.5. The molecule has 0 fully saturated rings. The van der Waals surface area contributed by atoms with Crippen LogP contribution in [0.3, 0.4) is 0 Å². The Balaban J connectivity index is -0.0000000308. The van der Waals surface area contributed by atoms with Crippen molar-refractivity contribution < 1.29 is 10.2 Å². The standard InChI is InChI=1S/3C6H6.5C2H6.2CH4O.2CH4/c3*1-2-4-6-5-3-1;7*1-2;;/h3*1-6H;5*1-2H3;2*2H,1H3;2*1H4. The number of rotatable bonds is 0. The van der Waals surface area contributed by atoms with Crippen molar-refractivity contribution in [3.05, 3.63) is 109 Å². The highest BCUT2D eigenvalue weighted by Crippen LogP contribution is 1.81. The molecule has 2 heteroatoms. The smallest absolute Gasteiger partial charge is 0.0319 e. The van der Waals surface area contributed by atoms with E-state index in [9.17, 15) is 0 Å². The maximum Gasteiger partial charge on any atom is 0.0319 e. The van der Waals surface area contributed by atoms with Gasteiger partial charge in [-0.1, -0.05) is 193 Å². The lowest BCUT2D eigenvalue weighted by molar-refractivity contribution is 0.399. The van der Waals surface area contributed by atoms with Crippen LogP contribution in [0.4, 0.5) is 0 Å². The number of hydrogen-bond donors (Lipinski definition) is 2. The summed E-state index contributed by atoms with van der Waals surface area (Å²) in [4.78, 5) is 0. The monoisotopic (exact) mass is 480 g/mol. The fourth-order valence-electron chi connectivity index (χ4n) is 1.15. The minimum Gasteiger partial charge on any atom is -0.400 e. The van der Waals surface area contributed by atoms with Crippen molar-refractivity contribution in [1.29, 1.82) is 0 Å². The molecule has 0 radical (unpaired) electrons. The second-order valence-electron chi connectivity index (χ2n) is 3.46. The molecule has 0 aromatic heterocycles. The molecule has 0 amide bonds. The average Bonchev–Trinajstić information content (AvgIpc) is 3.00. The minimum atomic E-state index is 0. The van der Waals surface area contributed by atoms with Crippen LogP contribution in [0.25, 0.3) is 0 Å². The molecule has 0 heterocycles. The molecule has 0 bridgehead atoms. The first kappa shape index (κ1) is 57.9. The Bertz CT molecular complexity index is 302. The van der Waals surface area contributed by atoms with Gasteiger partial charge in [-0.15, -0.1) is 0 Å². The normalized spacial score (nSPS) is 5.47. The summed E-state index contributed by atoms with van der Waals surface area (Å²) in [5.74, 6) is 0. The summed E-state index contributed by atoms with van der Waals surface area (Å²) < 4.78 is 0. The summed E-state index contributed by atoms with van der Waals surface area (Å²) in [5.41, 5.74) is 0. The predicted octanol–water partition coefficient (Wildman–Crippen LogP) is 10.7. The van der Waals surface area contributed by atoms with Gasteiger partial charge in [0.1, 0.15) is 0 Å². The third-order valence-electron chi connectivity index (χ3n) is 2.00. The highest BCUT2D eigenvalue weighted by molar-refractivity contribution is 5.00. The van der Waals surface area contributed by atoms with Gasteiger partial charge in [0.05, 0.1) is 0 Å². The van der Waals surface area contributed by atoms with Gasteiger partial charge < -0.3 is 10.2 Å². The maximum absolute atomic E-state index is 7.00. The molecule has 3 aromatic carbocycles. The molecule has 0 aliphatic heterocycles. The topological polar surface area (TPSA) is 40.5 Å². The van der Waals surface area contributed by atoms with E-state index in [2.05, 4.69) is 0 Å². The molecule has 3 aromatic rings. The fraction of sp³-hybridized carbons (Fsp3) is 0.438. The fourth-order valence-corrected chi connectivity index (χ4v) is 1.15. The van der Waals surface area contributed by atoms with Crippen molar-refractivity contribution in [3.63, 3.8) is 0 Å². The van der Waals surface area contributed by atoms with Gasteiger partial charge in [-0.05, 0) is 0 Å². The van der Waals surface area contributed by atoms with E-state index in [0.717, 1.165) is 14.2 Å². The molecule has 2 N–H and O–H groups in total. The molecule has 0 saturated heterocycles. The average molecular weight is 481 g/mol. The van der Waals surface area contributed by atoms with E-state index < -0.39 is 0 Å². The molecule has 0 unspecified atom stereocenters. The van der Waals surface area contributed by atoms with Crippen molar-refractivity contribution in [1.82, 2.24) is 0 Å². The van der Waals surface area contributed by atoms with E-state index in [1.807, 2.05) is 178 Å². The molecule has 0 aliphatic carbocycles. The van der Waals surface area contributed by atoms with Crippen LogP contribution in [0, 0.1) is 0 Å². The Hall–Kier alpha value is -2.42. The molecule has 2 nitrogen and oxygen atoms in total. The van der Waals surface area contributed by atoms with Crippen molar-refractivity contribution in [2.24, 2.45) is 0 Å². The lowest BCUT2D eigenvalue weighted by Gasteiger charge is -1.69. The molecular weight excluding hydrogens is 416 g/mol. The van der Waals surface area contributed by atoms with Crippen LogP contribution in [-0.2, 0) is 0 Å². The summed E-state index contributed by atoms with van der Waals surface area (Å²) in [7, 11) is 2.00. The Morgan fingerprint density at radius 3 is 0.265 bits per heavy atom. The lowest BCUT2D eigenvalue weighted by Crippen LogP contribution is -1.47. The van der Waals surface area contributed by atoms with Crippen LogP contribution < -0.4 is 0 Å². The summed E-state index contributed by atoms with van der Waals surface area (Å²) in [6, 6.07) is 36.0.